The van der Waals surface area contributed by atoms with Gasteiger partial charge < -0.3 is 24.1 Å². The molecular formula is C15H15FN2O8. The second kappa shape index (κ2) is 7.23. The predicted molar refractivity (Wildman–Crippen MR) is 81.1 cm³/mol. The smallest absolute Gasteiger partial charge is 0.371 e. The highest BCUT2D eigenvalue weighted by Gasteiger charge is 2.35. The summed E-state index contributed by atoms with van der Waals surface area (Å²) in [5, 5.41) is 18.8. The molecule has 3 heterocycles. The average molecular weight is 370 g/mol. The highest BCUT2D eigenvalue weighted by Crippen LogP contribution is 2.28. The van der Waals surface area contributed by atoms with E-state index in [2.05, 4.69) is 0 Å². The Morgan fingerprint density at radius 3 is 2.88 bits per heavy atom. The zero-order chi connectivity index (χ0) is 18.8. The molecular weight excluding hydrogens is 355 g/mol. The summed E-state index contributed by atoms with van der Waals surface area (Å²) in [7, 11) is 0. The summed E-state index contributed by atoms with van der Waals surface area (Å²) in [6.07, 6.45) is -2.01. The molecule has 0 saturated carbocycles. The molecule has 2 aromatic rings. The minimum atomic E-state index is -1.20. The molecule has 3 rings (SSSR count). The topological polar surface area (TPSA) is 144 Å². The van der Waals surface area contributed by atoms with Gasteiger partial charge in [0.2, 0.25) is 11.6 Å². The predicted octanol–water partition coefficient (Wildman–Crippen LogP) is -0.168. The summed E-state index contributed by atoms with van der Waals surface area (Å²) in [5.41, 5.74) is -1.99. The molecule has 0 spiro atoms. The van der Waals surface area contributed by atoms with E-state index in [0.29, 0.717) is 0 Å². The van der Waals surface area contributed by atoms with Crippen LogP contribution in [0.1, 0.15) is 29.0 Å². The average Bonchev–Trinajstić information content (AvgIpc) is 3.18. The number of aliphatic hydroxyl groups excluding tert-OH is 1. The molecule has 10 nitrogen and oxygen atoms in total. The molecule has 26 heavy (non-hydrogen) atoms. The van der Waals surface area contributed by atoms with Crippen molar-refractivity contribution in [3.63, 3.8) is 0 Å². The summed E-state index contributed by atoms with van der Waals surface area (Å²) < 4.78 is 30.1. The number of nitrogens with zero attached hydrogens (tertiary/aromatic N) is 1. The molecule has 0 aromatic carbocycles. The Labute approximate surface area is 144 Å². The van der Waals surface area contributed by atoms with Gasteiger partial charge in [-0.25, -0.2) is 9.59 Å². The van der Waals surface area contributed by atoms with Crippen LogP contribution >= 0.6 is 0 Å². The van der Waals surface area contributed by atoms with Crippen molar-refractivity contribution in [2.45, 2.75) is 31.5 Å². The van der Waals surface area contributed by atoms with E-state index in [1.165, 1.54) is 12.1 Å². The molecule has 0 bridgehead atoms. The molecule has 11 heteroatoms. The molecule has 0 aliphatic carbocycles. The second-order valence-electron chi connectivity index (χ2n) is 5.66. The van der Waals surface area contributed by atoms with Crippen LogP contribution in [0.15, 0.2) is 32.3 Å². The summed E-state index contributed by atoms with van der Waals surface area (Å²) in [4.78, 5) is 35.3. The first-order valence-electron chi connectivity index (χ1n) is 7.59. The Morgan fingerprint density at radius 1 is 1.42 bits per heavy atom. The lowest BCUT2D eigenvalue weighted by Gasteiger charge is -2.15. The fraction of sp³-hybridized carbons (Fsp3) is 0.400. The maximum absolute atomic E-state index is 13.4. The molecule has 1 aliphatic heterocycles. The molecule has 1 aliphatic rings. The van der Waals surface area contributed by atoms with Crippen LogP contribution in [0.25, 0.3) is 0 Å². The number of aromatic amines is 1. The highest BCUT2D eigenvalue weighted by atomic mass is 19.1. The minimum Gasteiger partial charge on any atom is -0.475 e. The molecule has 2 aromatic heterocycles. The first-order chi connectivity index (χ1) is 12.3. The van der Waals surface area contributed by atoms with Crippen LogP contribution in [0.4, 0.5) is 4.39 Å². The van der Waals surface area contributed by atoms with Gasteiger partial charge in [0.1, 0.15) is 24.7 Å². The largest absolute Gasteiger partial charge is 0.475 e. The number of carboxylic acid groups (broad SMARTS) is 1. The van der Waals surface area contributed by atoms with Gasteiger partial charge in [0.25, 0.3) is 5.56 Å². The number of carboxylic acids is 1. The van der Waals surface area contributed by atoms with Gasteiger partial charge in [-0.05, 0) is 12.1 Å². The number of halogens is 1. The zero-order valence-electron chi connectivity index (χ0n) is 13.3. The molecule has 1 saturated heterocycles. The van der Waals surface area contributed by atoms with E-state index < -0.39 is 41.5 Å². The van der Waals surface area contributed by atoms with Crippen LogP contribution in [0.3, 0.4) is 0 Å². The number of aromatic nitrogens is 2. The van der Waals surface area contributed by atoms with E-state index >= 15 is 0 Å². The quantitative estimate of drug-likeness (QED) is 0.636. The molecule has 0 unspecified atom stereocenters. The molecule has 0 amide bonds. The van der Waals surface area contributed by atoms with Gasteiger partial charge in [0.05, 0.1) is 18.9 Å². The Kier molecular flexibility index (Phi) is 5.02. The fourth-order valence-electron chi connectivity index (χ4n) is 2.56. The van der Waals surface area contributed by atoms with Crippen molar-refractivity contribution in [1.29, 1.82) is 0 Å². The van der Waals surface area contributed by atoms with Crippen molar-refractivity contribution in [3.8, 4) is 0 Å². The number of hydrogen-bond acceptors (Lipinski definition) is 7. The first-order valence-corrected chi connectivity index (χ1v) is 7.59. The lowest BCUT2D eigenvalue weighted by Crippen LogP contribution is -2.34. The van der Waals surface area contributed by atoms with Crippen molar-refractivity contribution >= 4 is 5.97 Å². The number of H-pyrrole nitrogens is 1. The number of ether oxygens (including phenoxy) is 2. The Morgan fingerprint density at radius 2 is 2.19 bits per heavy atom. The van der Waals surface area contributed by atoms with Gasteiger partial charge in [-0.1, -0.05) is 0 Å². The number of furan rings is 1. The monoisotopic (exact) mass is 370 g/mol. The number of nitrogens with one attached hydrogen (secondary N) is 1. The van der Waals surface area contributed by atoms with Crippen LogP contribution in [0.2, 0.25) is 0 Å². The Hall–Kier alpha value is -2.76. The van der Waals surface area contributed by atoms with Crippen LogP contribution in [0, 0.1) is 5.82 Å². The van der Waals surface area contributed by atoms with Gasteiger partial charge in [-0.2, -0.15) is 4.39 Å². The van der Waals surface area contributed by atoms with Gasteiger partial charge >= 0.3 is 11.7 Å². The molecule has 140 valence electrons. The van der Waals surface area contributed by atoms with E-state index in [-0.39, 0.29) is 31.2 Å². The SMILES string of the molecule is O=C(O)c1ccc(COC[C@H]2O[C@@H](n3cc(F)c(=O)[nH]c3=O)C[C@@H]2O)o1. The van der Waals surface area contributed by atoms with Crippen LogP contribution in [0.5, 0.6) is 0 Å². The van der Waals surface area contributed by atoms with Crippen LogP contribution < -0.4 is 11.2 Å². The van der Waals surface area contributed by atoms with Gasteiger partial charge in [0, 0.05) is 6.42 Å². The third-order valence-electron chi connectivity index (χ3n) is 3.84. The van der Waals surface area contributed by atoms with E-state index in [9.17, 15) is 23.9 Å². The van der Waals surface area contributed by atoms with E-state index in [4.69, 9.17) is 19.0 Å². The number of aliphatic hydroxyl groups is 1. The lowest BCUT2D eigenvalue weighted by molar-refractivity contribution is -0.0688. The van der Waals surface area contributed by atoms with Crippen molar-refractivity contribution in [2.24, 2.45) is 0 Å². The van der Waals surface area contributed by atoms with Crippen molar-refractivity contribution in [1.82, 2.24) is 9.55 Å². The first kappa shape index (κ1) is 18.0. The van der Waals surface area contributed by atoms with E-state index in [1.807, 2.05) is 4.98 Å². The number of hydrogen-bond donors (Lipinski definition) is 3. The fourth-order valence-corrected chi connectivity index (χ4v) is 2.56. The van der Waals surface area contributed by atoms with Crippen molar-refractivity contribution in [3.05, 3.63) is 56.5 Å². The van der Waals surface area contributed by atoms with E-state index in [1.54, 1.807) is 0 Å². The number of carbonyl (C=O) groups is 1. The van der Waals surface area contributed by atoms with Crippen LogP contribution in [-0.4, -0.2) is 44.5 Å². The third-order valence-corrected chi connectivity index (χ3v) is 3.84. The Bertz CT molecular complexity index is 917. The zero-order valence-corrected chi connectivity index (χ0v) is 13.3. The summed E-state index contributed by atoms with van der Waals surface area (Å²) in [5.74, 6) is -2.28. The molecule has 3 atom stereocenters. The summed E-state index contributed by atoms with van der Waals surface area (Å²) >= 11 is 0. The number of rotatable bonds is 6. The second-order valence-corrected chi connectivity index (χ2v) is 5.66. The lowest BCUT2D eigenvalue weighted by atomic mass is 10.2. The van der Waals surface area contributed by atoms with Crippen molar-refractivity contribution < 1.29 is 33.3 Å². The van der Waals surface area contributed by atoms with Gasteiger partial charge in [-0.3, -0.25) is 14.3 Å². The summed E-state index contributed by atoms with van der Waals surface area (Å²) in [6.45, 7) is -0.112. The number of aromatic carboxylic acids is 1. The normalized spacial score (nSPS) is 22.6. The minimum absolute atomic E-state index is 0.00331. The maximum atomic E-state index is 13.4. The third kappa shape index (κ3) is 3.74. The molecule has 3 N–H and O–H groups in total. The molecule has 0 radical (unpaired) electrons. The van der Waals surface area contributed by atoms with Crippen molar-refractivity contribution in [2.75, 3.05) is 6.61 Å². The van der Waals surface area contributed by atoms with E-state index in [0.717, 1.165) is 10.8 Å². The van der Waals surface area contributed by atoms with Gasteiger partial charge in [0.15, 0.2) is 0 Å². The Balaban J connectivity index is 1.59. The highest BCUT2D eigenvalue weighted by molar-refractivity contribution is 5.84. The summed E-state index contributed by atoms with van der Waals surface area (Å²) in [6, 6.07) is 2.73. The standard InChI is InChI=1S/C15H15FN2O8/c16-8-4-18(15(23)17-13(8)20)12-3-9(19)11(26-12)6-24-5-7-1-2-10(25-7)14(21)22/h1-2,4,9,11-12,19H,3,5-6H2,(H,21,22)(H,17,20,23)/t9-,11+,12+/m0/s1. The molecule has 1 fully saturated rings. The van der Waals surface area contributed by atoms with Crippen LogP contribution in [-0.2, 0) is 16.1 Å². The maximum Gasteiger partial charge on any atom is 0.371 e. The van der Waals surface area contributed by atoms with Gasteiger partial charge in [-0.15, -0.1) is 0 Å².